The summed E-state index contributed by atoms with van der Waals surface area (Å²) in [6.07, 6.45) is 1.40. The number of benzene rings is 2. The highest BCUT2D eigenvalue weighted by atomic mass is 32.2. The molecule has 3 aromatic rings. The first-order valence-electron chi connectivity index (χ1n) is 8.59. The monoisotopic (exact) mass is 384 g/mol. The minimum Gasteiger partial charge on any atom is -0.321 e. The van der Waals surface area contributed by atoms with E-state index in [2.05, 4.69) is 15.3 Å². The first-order valence-corrected chi connectivity index (χ1v) is 10.0. The summed E-state index contributed by atoms with van der Waals surface area (Å²) in [4.78, 5) is 21.1. The van der Waals surface area contributed by atoms with Crippen molar-refractivity contribution < 1.29 is 13.2 Å². The maximum atomic E-state index is 12.6. The van der Waals surface area contributed by atoms with Crippen molar-refractivity contribution in [3.8, 4) is 0 Å². The fourth-order valence-electron chi connectivity index (χ4n) is 2.71. The van der Waals surface area contributed by atoms with Crippen LogP contribution in [0.4, 0.5) is 5.69 Å². The van der Waals surface area contributed by atoms with Gasteiger partial charge in [-0.15, -0.1) is 0 Å². The van der Waals surface area contributed by atoms with Crippen LogP contribution in [0.2, 0.25) is 0 Å². The molecule has 0 saturated carbocycles. The highest BCUT2D eigenvalue weighted by Crippen LogP contribution is 2.20. The normalized spacial score (nSPS) is 11.7. The van der Waals surface area contributed by atoms with Gasteiger partial charge in [-0.1, -0.05) is 32.0 Å². The Morgan fingerprint density at radius 2 is 1.74 bits per heavy atom. The minimum atomic E-state index is -3.60. The molecule has 0 aliphatic carbocycles. The highest BCUT2D eigenvalue weighted by Gasteiger charge is 2.22. The average Bonchev–Trinajstić information content (AvgIpc) is 2.68. The number of sulfonamides is 1. The van der Waals surface area contributed by atoms with E-state index in [1.165, 1.54) is 22.6 Å². The van der Waals surface area contributed by atoms with Crippen LogP contribution in [-0.4, -0.2) is 41.7 Å². The Bertz CT molecular complexity index is 1080. The van der Waals surface area contributed by atoms with Gasteiger partial charge in [0.25, 0.3) is 5.91 Å². The predicted octanol–water partition coefficient (Wildman–Crippen LogP) is 2.91. The van der Waals surface area contributed by atoms with E-state index in [1.54, 1.807) is 32.0 Å². The lowest BCUT2D eigenvalue weighted by Gasteiger charge is -2.18. The van der Waals surface area contributed by atoms with Gasteiger partial charge in [-0.25, -0.2) is 13.4 Å². The molecule has 140 valence electrons. The second kappa shape index (κ2) is 7.81. The van der Waals surface area contributed by atoms with E-state index in [4.69, 9.17) is 0 Å². The second-order valence-corrected chi connectivity index (χ2v) is 7.75. The number of nitrogens with zero attached hydrogens (tertiary/aromatic N) is 3. The summed E-state index contributed by atoms with van der Waals surface area (Å²) in [7, 11) is -3.60. The number of anilines is 1. The molecule has 0 radical (unpaired) electrons. The Balaban J connectivity index is 1.86. The second-order valence-electron chi connectivity index (χ2n) is 5.82. The van der Waals surface area contributed by atoms with Gasteiger partial charge >= 0.3 is 0 Å². The summed E-state index contributed by atoms with van der Waals surface area (Å²) in [5.74, 6) is -0.453. The maximum absolute atomic E-state index is 12.6. The van der Waals surface area contributed by atoms with Crippen LogP contribution in [0.15, 0.2) is 59.6 Å². The van der Waals surface area contributed by atoms with Crippen molar-refractivity contribution in [2.75, 3.05) is 18.4 Å². The van der Waals surface area contributed by atoms with E-state index in [-0.39, 0.29) is 10.6 Å². The highest BCUT2D eigenvalue weighted by molar-refractivity contribution is 7.89. The lowest BCUT2D eigenvalue weighted by Crippen LogP contribution is -2.30. The van der Waals surface area contributed by atoms with E-state index in [9.17, 15) is 13.2 Å². The number of amides is 1. The van der Waals surface area contributed by atoms with Gasteiger partial charge < -0.3 is 5.32 Å². The fourth-order valence-corrected chi connectivity index (χ4v) is 4.21. The largest absolute Gasteiger partial charge is 0.321 e. The zero-order valence-electron chi connectivity index (χ0n) is 15.1. The van der Waals surface area contributed by atoms with Gasteiger partial charge in [0.1, 0.15) is 5.69 Å². The molecule has 2 aromatic carbocycles. The Labute approximate surface area is 158 Å². The number of hydrogen-bond donors (Lipinski definition) is 1. The Morgan fingerprint density at radius 3 is 2.44 bits per heavy atom. The van der Waals surface area contributed by atoms with Crippen LogP contribution in [-0.2, 0) is 10.0 Å². The van der Waals surface area contributed by atoms with Gasteiger partial charge in [-0.2, -0.15) is 4.31 Å². The molecule has 0 atom stereocenters. The fraction of sp³-hybridized carbons (Fsp3) is 0.211. The average molecular weight is 384 g/mol. The van der Waals surface area contributed by atoms with Crippen molar-refractivity contribution in [1.29, 1.82) is 0 Å². The Hall–Kier alpha value is -2.84. The van der Waals surface area contributed by atoms with Gasteiger partial charge in [0.05, 0.1) is 22.1 Å². The van der Waals surface area contributed by atoms with Crippen molar-refractivity contribution in [3.63, 3.8) is 0 Å². The minimum absolute atomic E-state index is 0.133. The first-order chi connectivity index (χ1) is 13.0. The summed E-state index contributed by atoms with van der Waals surface area (Å²) in [5, 5.41) is 2.69. The van der Waals surface area contributed by atoms with Crippen LogP contribution in [0.25, 0.3) is 11.0 Å². The number of hydrogen-bond acceptors (Lipinski definition) is 5. The lowest BCUT2D eigenvalue weighted by atomic mass is 10.3. The molecule has 0 aliphatic heterocycles. The van der Waals surface area contributed by atoms with Gasteiger partial charge in [0, 0.05) is 18.8 Å². The predicted molar refractivity (Wildman–Crippen MR) is 104 cm³/mol. The first kappa shape index (κ1) is 18.9. The van der Waals surface area contributed by atoms with Crippen molar-refractivity contribution in [3.05, 3.63) is 60.4 Å². The molecular weight excluding hydrogens is 364 g/mol. The third-order valence-electron chi connectivity index (χ3n) is 4.12. The standard InChI is InChI=1S/C19H20N4O3S/c1-3-23(4-2)27(25,26)15-9-7-8-14(12-15)21-19(24)18-13-20-16-10-5-6-11-17(16)22-18/h5-13H,3-4H2,1-2H3,(H,21,24). The molecule has 1 aromatic heterocycles. The number of para-hydroxylation sites is 2. The van der Waals surface area contributed by atoms with E-state index < -0.39 is 15.9 Å². The number of carbonyl (C=O) groups is 1. The smallest absolute Gasteiger partial charge is 0.275 e. The molecule has 27 heavy (non-hydrogen) atoms. The molecule has 0 aliphatic rings. The number of fused-ring (bicyclic) bond motifs is 1. The number of aromatic nitrogens is 2. The molecule has 0 fully saturated rings. The molecule has 3 rings (SSSR count). The number of nitrogens with one attached hydrogen (secondary N) is 1. The van der Waals surface area contributed by atoms with Crippen LogP contribution < -0.4 is 5.32 Å². The summed E-state index contributed by atoms with van der Waals surface area (Å²) in [6, 6.07) is 13.4. The number of carbonyl (C=O) groups excluding carboxylic acids is 1. The van der Waals surface area contributed by atoms with Gasteiger partial charge in [-0.05, 0) is 30.3 Å². The Kier molecular flexibility index (Phi) is 5.48. The quantitative estimate of drug-likeness (QED) is 0.705. The summed E-state index contributed by atoms with van der Waals surface area (Å²) < 4.78 is 26.6. The Morgan fingerprint density at radius 1 is 1.04 bits per heavy atom. The van der Waals surface area contributed by atoms with Crippen molar-refractivity contribution >= 4 is 32.7 Å². The summed E-state index contributed by atoms with van der Waals surface area (Å²) in [6.45, 7) is 4.32. The molecule has 7 nitrogen and oxygen atoms in total. The third-order valence-corrected chi connectivity index (χ3v) is 6.16. The zero-order chi connectivity index (χ0) is 19.4. The zero-order valence-corrected chi connectivity index (χ0v) is 15.9. The van der Waals surface area contributed by atoms with Gasteiger partial charge in [-0.3, -0.25) is 9.78 Å². The molecule has 0 unspecified atom stereocenters. The van der Waals surface area contributed by atoms with E-state index in [0.717, 1.165) is 0 Å². The molecule has 0 bridgehead atoms. The molecule has 0 spiro atoms. The van der Waals surface area contributed by atoms with Crippen LogP contribution in [0.3, 0.4) is 0 Å². The van der Waals surface area contributed by atoms with Crippen LogP contribution in [0, 0.1) is 0 Å². The van der Waals surface area contributed by atoms with Crippen LogP contribution in [0.5, 0.6) is 0 Å². The molecule has 1 amide bonds. The number of rotatable bonds is 6. The van der Waals surface area contributed by atoms with Gasteiger partial charge in [0.2, 0.25) is 10.0 Å². The van der Waals surface area contributed by atoms with Crippen molar-refractivity contribution in [2.24, 2.45) is 0 Å². The topological polar surface area (TPSA) is 92.3 Å². The molecule has 8 heteroatoms. The molecule has 1 heterocycles. The lowest BCUT2D eigenvalue weighted by molar-refractivity contribution is 0.102. The summed E-state index contributed by atoms with van der Waals surface area (Å²) in [5.41, 5.74) is 1.85. The van der Waals surface area contributed by atoms with E-state index in [1.807, 2.05) is 18.2 Å². The van der Waals surface area contributed by atoms with Gasteiger partial charge in [0.15, 0.2) is 0 Å². The van der Waals surface area contributed by atoms with Crippen molar-refractivity contribution in [1.82, 2.24) is 14.3 Å². The summed E-state index contributed by atoms with van der Waals surface area (Å²) >= 11 is 0. The molecule has 0 saturated heterocycles. The molecular formula is C19H20N4O3S. The maximum Gasteiger partial charge on any atom is 0.275 e. The van der Waals surface area contributed by atoms with E-state index in [0.29, 0.717) is 29.8 Å². The molecule has 1 N–H and O–H groups in total. The third kappa shape index (κ3) is 3.96. The van der Waals surface area contributed by atoms with E-state index >= 15 is 0 Å². The van der Waals surface area contributed by atoms with Crippen LogP contribution >= 0.6 is 0 Å². The SMILES string of the molecule is CCN(CC)S(=O)(=O)c1cccc(NC(=O)c2cnc3ccccc3n2)c1. The van der Waals surface area contributed by atoms with Crippen molar-refractivity contribution in [2.45, 2.75) is 18.7 Å². The van der Waals surface area contributed by atoms with Crippen LogP contribution in [0.1, 0.15) is 24.3 Å².